The summed E-state index contributed by atoms with van der Waals surface area (Å²) in [4.78, 5) is 16.9. The molecule has 0 radical (unpaired) electrons. The number of hydrogen-bond acceptors (Lipinski definition) is 4. The summed E-state index contributed by atoms with van der Waals surface area (Å²) in [6, 6.07) is 10.5. The normalized spacial score (nSPS) is 19.4. The van der Waals surface area contributed by atoms with Crippen molar-refractivity contribution in [1.82, 2.24) is 9.80 Å². The predicted molar refractivity (Wildman–Crippen MR) is 107 cm³/mol. The van der Waals surface area contributed by atoms with Crippen molar-refractivity contribution in [3.8, 4) is 0 Å². The molecule has 1 heterocycles. The number of benzene rings is 1. The maximum Gasteiger partial charge on any atom is 0.242 e. The van der Waals surface area contributed by atoms with Crippen LogP contribution in [-0.2, 0) is 9.53 Å². The van der Waals surface area contributed by atoms with Gasteiger partial charge in [0, 0.05) is 38.8 Å². The van der Waals surface area contributed by atoms with E-state index < -0.39 is 6.04 Å². The van der Waals surface area contributed by atoms with E-state index in [1.54, 1.807) is 7.11 Å². The Morgan fingerprint density at radius 1 is 1.36 bits per heavy atom. The number of amides is 1. The first kappa shape index (κ1) is 24.1. The largest absolute Gasteiger partial charge is 0.383 e. The molecule has 1 aliphatic heterocycles. The highest BCUT2D eigenvalue weighted by Gasteiger charge is 2.33. The Bertz CT molecular complexity index is 504. The van der Waals surface area contributed by atoms with Crippen LogP contribution >= 0.6 is 24.8 Å². The zero-order valence-electron chi connectivity index (χ0n) is 15.3. The van der Waals surface area contributed by atoms with Crippen LogP contribution < -0.4 is 5.73 Å². The van der Waals surface area contributed by atoms with Gasteiger partial charge in [0.1, 0.15) is 6.04 Å². The van der Waals surface area contributed by atoms with Crippen molar-refractivity contribution in [3.63, 3.8) is 0 Å². The quantitative estimate of drug-likeness (QED) is 0.775. The van der Waals surface area contributed by atoms with Crippen LogP contribution in [-0.4, -0.2) is 61.1 Å². The molecular weight excluding hydrogens is 361 g/mol. The van der Waals surface area contributed by atoms with Gasteiger partial charge in [-0.2, -0.15) is 0 Å². The van der Waals surface area contributed by atoms with Gasteiger partial charge in [-0.15, -0.1) is 24.8 Å². The second kappa shape index (κ2) is 11.7. The molecule has 1 aliphatic rings. The predicted octanol–water partition coefficient (Wildman–Crippen LogP) is 2.49. The third-order valence-electron chi connectivity index (χ3n) is 4.75. The van der Waals surface area contributed by atoms with Crippen LogP contribution in [0.1, 0.15) is 31.9 Å². The third kappa shape index (κ3) is 6.12. The lowest BCUT2D eigenvalue weighted by Crippen LogP contribution is -2.51. The van der Waals surface area contributed by atoms with Crippen LogP contribution in [0.15, 0.2) is 30.3 Å². The first-order valence-electron chi connectivity index (χ1n) is 8.42. The van der Waals surface area contributed by atoms with Gasteiger partial charge in [0.25, 0.3) is 0 Å². The topological polar surface area (TPSA) is 58.8 Å². The molecule has 3 unspecified atom stereocenters. The van der Waals surface area contributed by atoms with Crippen LogP contribution in [0, 0.1) is 0 Å². The molecule has 3 atom stereocenters. The van der Waals surface area contributed by atoms with Gasteiger partial charge in [-0.25, -0.2) is 0 Å². The molecule has 1 aromatic carbocycles. The Morgan fingerprint density at radius 3 is 2.56 bits per heavy atom. The maximum absolute atomic E-state index is 12.5. The van der Waals surface area contributed by atoms with Crippen molar-refractivity contribution >= 4 is 30.7 Å². The zero-order valence-corrected chi connectivity index (χ0v) is 16.9. The van der Waals surface area contributed by atoms with Crippen molar-refractivity contribution < 1.29 is 9.53 Å². The molecule has 25 heavy (non-hydrogen) atoms. The number of nitrogens with zero attached hydrogens (tertiary/aromatic N) is 2. The van der Waals surface area contributed by atoms with Gasteiger partial charge in [0.2, 0.25) is 5.91 Å². The second-order valence-corrected chi connectivity index (χ2v) is 6.21. The highest BCUT2D eigenvalue weighted by molar-refractivity contribution is 5.85. The van der Waals surface area contributed by atoms with Crippen molar-refractivity contribution in [1.29, 1.82) is 0 Å². The summed E-state index contributed by atoms with van der Waals surface area (Å²) in [5, 5.41) is 0. The molecule has 2 N–H and O–H groups in total. The fourth-order valence-electron chi connectivity index (χ4n) is 3.37. The van der Waals surface area contributed by atoms with Crippen LogP contribution in [0.25, 0.3) is 0 Å². The van der Waals surface area contributed by atoms with E-state index in [2.05, 4.69) is 36.1 Å². The van der Waals surface area contributed by atoms with Gasteiger partial charge >= 0.3 is 0 Å². The Morgan fingerprint density at radius 2 is 2.00 bits per heavy atom. The van der Waals surface area contributed by atoms with E-state index in [9.17, 15) is 4.79 Å². The van der Waals surface area contributed by atoms with Gasteiger partial charge in [0.05, 0.1) is 6.61 Å². The first-order chi connectivity index (χ1) is 11.1. The zero-order chi connectivity index (χ0) is 16.8. The minimum Gasteiger partial charge on any atom is -0.383 e. The molecule has 144 valence electrons. The highest BCUT2D eigenvalue weighted by atomic mass is 35.5. The molecule has 2 rings (SSSR count). The van der Waals surface area contributed by atoms with Gasteiger partial charge in [-0.3, -0.25) is 9.69 Å². The average molecular weight is 392 g/mol. The monoisotopic (exact) mass is 391 g/mol. The lowest BCUT2D eigenvalue weighted by molar-refractivity contribution is -0.135. The van der Waals surface area contributed by atoms with E-state index in [1.807, 2.05) is 17.9 Å². The number of hydrogen-bond donors (Lipinski definition) is 1. The number of rotatable bonds is 7. The van der Waals surface area contributed by atoms with Crippen LogP contribution in [0.2, 0.25) is 0 Å². The summed E-state index contributed by atoms with van der Waals surface area (Å²) in [6.07, 6.45) is 0.996. The van der Waals surface area contributed by atoms with Crippen molar-refractivity contribution in [2.75, 3.05) is 33.4 Å². The summed E-state index contributed by atoms with van der Waals surface area (Å²) in [6.45, 7) is 7.10. The van der Waals surface area contributed by atoms with Crippen LogP contribution in [0.4, 0.5) is 0 Å². The lowest BCUT2D eigenvalue weighted by atomic mass is 10.1. The number of likely N-dealkylation sites (tertiary alicyclic amines) is 1. The highest BCUT2D eigenvalue weighted by Crippen LogP contribution is 2.26. The number of methoxy groups -OCH3 is 1. The summed E-state index contributed by atoms with van der Waals surface area (Å²) < 4.78 is 5.02. The lowest BCUT2D eigenvalue weighted by Gasteiger charge is -2.31. The van der Waals surface area contributed by atoms with E-state index in [4.69, 9.17) is 10.5 Å². The van der Waals surface area contributed by atoms with Crippen molar-refractivity contribution in [2.24, 2.45) is 5.73 Å². The molecule has 1 saturated heterocycles. The first-order valence-corrected chi connectivity index (χ1v) is 8.42. The van der Waals surface area contributed by atoms with Gasteiger partial charge in [0.15, 0.2) is 0 Å². The van der Waals surface area contributed by atoms with Gasteiger partial charge < -0.3 is 15.4 Å². The second-order valence-electron chi connectivity index (χ2n) is 6.21. The minimum absolute atomic E-state index is 0. The Labute approximate surface area is 163 Å². The number of ether oxygens (including phenoxy) is 1. The molecular formula is C18H31Cl2N3O2. The minimum atomic E-state index is -0.569. The molecule has 7 heteroatoms. The SMILES string of the molecule is CCN(C(=O)C(N)COC)C1CCN(C(C)c2ccccc2)C1.Cl.Cl. The molecule has 0 aromatic heterocycles. The smallest absolute Gasteiger partial charge is 0.242 e. The molecule has 0 saturated carbocycles. The molecule has 1 amide bonds. The third-order valence-corrected chi connectivity index (χ3v) is 4.75. The summed E-state index contributed by atoms with van der Waals surface area (Å²) in [7, 11) is 1.57. The fraction of sp³-hybridized carbons (Fsp3) is 0.611. The Balaban J connectivity index is 0.00000288. The standard InChI is InChI=1S/C18H29N3O2.2ClH/c1-4-21(18(22)17(19)13-23-3)16-10-11-20(12-16)14(2)15-8-6-5-7-9-15;;/h5-9,14,16-17H,4,10-13,19H2,1-3H3;2*1H. The van der Waals surface area contributed by atoms with Crippen molar-refractivity contribution in [3.05, 3.63) is 35.9 Å². The molecule has 1 fully saturated rings. The number of likely N-dealkylation sites (N-methyl/N-ethyl adjacent to an activating group) is 1. The number of nitrogens with two attached hydrogens (primary N) is 1. The molecule has 5 nitrogen and oxygen atoms in total. The van der Waals surface area contributed by atoms with E-state index in [-0.39, 0.29) is 43.4 Å². The van der Waals surface area contributed by atoms with Gasteiger partial charge in [-0.1, -0.05) is 30.3 Å². The summed E-state index contributed by atoms with van der Waals surface area (Å²) >= 11 is 0. The van der Waals surface area contributed by atoms with Crippen molar-refractivity contribution in [2.45, 2.75) is 38.4 Å². The number of halogens is 2. The number of carbonyl (C=O) groups excluding carboxylic acids is 1. The van der Waals surface area contributed by atoms with E-state index in [1.165, 1.54) is 5.56 Å². The van der Waals surface area contributed by atoms with E-state index in [0.717, 1.165) is 19.5 Å². The Hall–Kier alpha value is -0.850. The van der Waals surface area contributed by atoms with Crippen LogP contribution in [0.5, 0.6) is 0 Å². The van der Waals surface area contributed by atoms with Gasteiger partial charge in [-0.05, 0) is 25.8 Å². The molecule has 0 aliphatic carbocycles. The van der Waals surface area contributed by atoms with Crippen LogP contribution in [0.3, 0.4) is 0 Å². The molecule has 1 aromatic rings. The fourth-order valence-corrected chi connectivity index (χ4v) is 3.37. The van der Waals surface area contributed by atoms with E-state index >= 15 is 0 Å². The summed E-state index contributed by atoms with van der Waals surface area (Å²) in [5.74, 6) is -0.00596. The van der Waals surface area contributed by atoms with E-state index in [0.29, 0.717) is 12.6 Å². The summed E-state index contributed by atoms with van der Waals surface area (Å²) in [5.41, 5.74) is 7.25. The maximum atomic E-state index is 12.5. The number of carbonyl (C=O) groups is 1. The molecule has 0 bridgehead atoms. The average Bonchev–Trinajstić information content (AvgIpc) is 3.05. The molecule has 0 spiro atoms. The Kier molecular flexibility index (Phi) is 11.3.